The highest BCUT2D eigenvalue weighted by atomic mass is 16.5. The second-order valence-corrected chi connectivity index (χ2v) is 4.50. The van der Waals surface area contributed by atoms with Crippen LogP contribution < -0.4 is 10.1 Å². The lowest BCUT2D eigenvalue weighted by molar-refractivity contribution is 0.415. The summed E-state index contributed by atoms with van der Waals surface area (Å²) < 4.78 is 5.20. The Morgan fingerprint density at radius 3 is 2.56 bits per heavy atom. The van der Waals surface area contributed by atoms with E-state index in [4.69, 9.17) is 4.74 Å². The standard InChI is InChI=1S/C16H19NO/c1-12-7-8-14(9-13(12)2)11-17-15-5-4-6-16(10-15)18-3/h4-10,17H,11H2,1-3H3. The van der Waals surface area contributed by atoms with Gasteiger partial charge in [0.05, 0.1) is 7.11 Å². The molecule has 94 valence electrons. The Morgan fingerprint density at radius 2 is 1.83 bits per heavy atom. The maximum atomic E-state index is 5.20. The van der Waals surface area contributed by atoms with Crippen molar-refractivity contribution in [1.82, 2.24) is 0 Å². The van der Waals surface area contributed by atoms with Crippen molar-refractivity contribution >= 4 is 5.69 Å². The largest absolute Gasteiger partial charge is 0.497 e. The molecular weight excluding hydrogens is 222 g/mol. The average Bonchev–Trinajstić information content (AvgIpc) is 2.40. The van der Waals surface area contributed by atoms with Crippen LogP contribution in [0.25, 0.3) is 0 Å². The number of hydrogen-bond donors (Lipinski definition) is 1. The molecule has 0 unspecified atom stereocenters. The molecule has 0 saturated heterocycles. The van der Waals surface area contributed by atoms with Gasteiger partial charge in [0, 0.05) is 18.3 Å². The van der Waals surface area contributed by atoms with Crippen LogP contribution in [0, 0.1) is 13.8 Å². The van der Waals surface area contributed by atoms with E-state index in [0.29, 0.717) is 0 Å². The Bertz CT molecular complexity index is 534. The normalized spacial score (nSPS) is 10.2. The van der Waals surface area contributed by atoms with Gasteiger partial charge < -0.3 is 10.1 Å². The maximum absolute atomic E-state index is 5.20. The number of nitrogens with one attached hydrogen (secondary N) is 1. The number of hydrogen-bond acceptors (Lipinski definition) is 2. The number of rotatable bonds is 4. The third-order valence-corrected chi connectivity index (χ3v) is 3.14. The summed E-state index contributed by atoms with van der Waals surface area (Å²) in [7, 11) is 1.68. The first-order valence-electron chi connectivity index (χ1n) is 6.13. The minimum Gasteiger partial charge on any atom is -0.497 e. The smallest absolute Gasteiger partial charge is 0.120 e. The summed E-state index contributed by atoms with van der Waals surface area (Å²) in [5.41, 5.74) is 5.04. The van der Waals surface area contributed by atoms with Gasteiger partial charge in [-0.15, -0.1) is 0 Å². The van der Waals surface area contributed by atoms with Crippen LogP contribution in [-0.2, 0) is 6.54 Å². The molecule has 18 heavy (non-hydrogen) atoms. The fraction of sp³-hybridized carbons (Fsp3) is 0.250. The molecule has 0 bridgehead atoms. The second kappa shape index (κ2) is 5.58. The molecule has 0 atom stereocenters. The third-order valence-electron chi connectivity index (χ3n) is 3.14. The van der Waals surface area contributed by atoms with E-state index in [9.17, 15) is 0 Å². The van der Waals surface area contributed by atoms with E-state index < -0.39 is 0 Å². The Balaban J connectivity index is 2.04. The van der Waals surface area contributed by atoms with E-state index in [1.54, 1.807) is 7.11 Å². The number of aryl methyl sites for hydroxylation is 2. The van der Waals surface area contributed by atoms with Crippen LogP contribution in [0.5, 0.6) is 5.75 Å². The number of anilines is 1. The van der Waals surface area contributed by atoms with E-state index in [2.05, 4.69) is 37.4 Å². The monoisotopic (exact) mass is 241 g/mol. The molecule has 2 nitrogen and oxygen atoms in total. The molecule has 1 N–H and O–H groups in total. The van der Waals surface area contributed by atoms with Gasteiger partial charge in [-0.2, -0.15) is 0 Å². The van der Waals surface area contributed by atoms with Crippen LogP contribution in [0.15, 0.2) is 42.5 Å². The molecule has 0 spiro atoms. The zero-order valence-electron chi connectivity index (χ0n) is 11.2. The predicted octanol–water partition coefficient (Wildman–Crippen LogP) is 3.92. The van der Waals surface area contributed by atoms with E-state index in [0.717, 1.165) is 18.0 Å². The summed E-state index contributed by atoms with van der Waals surface area (Å²) in [6.45, 7) is 5.10. The van der Waals surface area contributed by atoms with Gasteiger partial charge in [-0.1, -0.05) is 24.3 Å². The molecule has 2 aromatic rings. The Hall–Kier alpha value is -1.96. The first-order valence-corrected chi connectivity index (χ1v) is 6.13. The topological polar surface area (TPSA) is 21.3 Å². The number of methoxy groups -OCH3 is 1. The highest BCUT2D eigenvalue weighted by molar-refractivity contribution is 5.48. The van der Waals surface area contributed by atoms with Crippen molar-refractivity contribution in [2.75, 3.05) is 12.4 Å². The van der Waals surface area contributed by atoms with Gasteiger partial charge in [0.2, 0.25) is 0 Å². The molecule has 0 radical (unpaired) electrons. The van der Waals surface area contributed by atoms with E-state index in [1.165, 1.54) is 16.7 Å². The zero-order valence-corrected chi connectivity index (χ0v) is 11.2. The summed E-state index contributed by atoms with van der Waals surface area (Å²) in [6.07, 6.45) is 0. The highest BCUT2D eigenvalue weighted by Gasteiger charge is 1.98. The van der Waals surface area contributed by atoms with Crippen molar-refractivity contribution < 1.29 is 4.74 Å². The van der Waals surface area contributed by atoms with Gasteiger partial charge in [0.25, 0.3) is 0 Å². The van der Waals surface area contributed by atoms with Gasteiger partial charge in [-0.05, 0) is 42.7 Å². The maximum Gasteiger partial charge on any atom is 0.120 e. The summed E-state index contributed by atoms with van der Waals surface area (Å²) >= 11 is 0. The zero-order chi connectivity index (χ0) is 13.0. The molecule has 2 rings (SSSR count). The molecule has 0 saturated carbocycles. The lowest BCUT2D eigenvalue weighted by Crippen LogP contribution is -2.00. The van der Waals surface area contributed by atoms with Crippen LogP contribution in [0.3, 0.4) is 0 Å². The molecule has 0 heterocycles. The second-order valence-electron chi connectivity index (χ2n) is 4.50. The van der Waals surface area contributed by atoms with E-state index >= 15 is 0 Å². The average molecular weight is 241 g/mol. The van der Waals surface area contributed by atoms with Crippen molar-refractivity contribution in [1.29, 1.82) is 0 Å². The third kappa shape index (κ3) is 3.04. The lowest BCUT2D eigenvalue weighted by Gasteiger charge is -2.09. The molecular formula is C16H19NO. The minimum absolute atomic E-state index is 0.828. The summed E-state index contributed by atoms with van der Waals surface area (Å²) in [5, 5.41) is 3.40. The van der Waals surface area contributed by atoms with Gasteiger partial charge in [0.1, 0.15) is 5.75 Å². The van der Waals surface area contributed by atoms with Crippen LogP contribution in [0.1, 0.15) is 16.7 Å². The lowest BCUT2D eigenvalue weighted by atomic mass is 10.1. The molecule has 0 aliphatic rings. The van der Waals surface area contributed by atoms with Crippen LogP contribution in [-0.4, -0.2) is 7.11 Å². The Kier molecular flexibility index (Phi) is 3.88. The Labute approximate surface area is 109 Å². The SMILES string of the molecule is COc1cccc(NCc2ccc(C)c(C)c2)c1. The highest BCUT2D eigenvalue weighted by Crippen LogP contribution is 2.18. The summed E-state index contributed by atoms with van der Waals surface area (Å²) in [4.78, 5) is 0. The number of benzene rings is 2. The van der Waals surface area contributed by atoms with E-state index in [1.807, 2.05) is 24.3 Å². The number of ether oxygens (including phenoxy) is 1. The first kappa shape index (κ1) is 12.5. The quantitative estimate of drug-likeness (QED) is 0.875. The molecule has 0 aliphatic carbocycles. The molecule has 2 aromatic carbocycles. The summed E-state index contributed by atoms with van der Waals surface area (Å²) in [6, 6.07) is 14.5. The fourth-order valence-corrected chi connectivity index (χ4v) is 1.85. The van der Waals surface area contributed by atoms with Crippen molar-refractivity contribution in [3.8, 4) is 5.75 Å². The first-order chi connectivity index (χ1) is 8.69. The van der Waals surface area contributed by atoms with Crippen LogP contribution >= 0.6 is 0 Å². The molecule has 0 amide bonds. The van der Waals surface area contributed by atoms with Crippen LogP contribution in [0.2, 0.25) is 0 Å². The molecule has 0 aromatic heterocycles. The van der Waals surface area contributed by atoms with Crippen LogP contribution in [0.4, 0.5) is 5.69 Å². The van der Waals surface area contributed by atoms with Crippen molar-refractivity contribution in [3.63, 3.8) is 0 Å². The minimum atomic E-state index is 0.828. The summed E-state index contributed by atoms with van der Waals surface area (Å²) in [5.74, 6) is 0.875. The fourth-order valence-electron chi connectivity index (χ4n) is 1.85. The van der Waals surface area contributed by atoms with Crippen molar-refractivity contribution in [2.45, 2.75) is 20.4 Å². The molecule has 0 aliphatic heterocycles. The molecule has 2 heteroatoms. The van der Waals surface area contributed by atoms with Crippen molar-refractivity contribution in [3.05, 3.63) is 59.2 Å². The van der Waals surface area contributed by atoms with Gasteiger partial charge in [-0.25, -0.2) is 0 Å². The molecule has 0 fully saturated rings. The Morgan fingerprint density at radius 1 is 1.00 bits per heavy atom. The predicted molar refractivity (Wildman–Crippen MR) is 76.2 cm³/mol. The van der Waals surface area contributed by atoms with Gasteiger partial charge >= 0.3 is 0 Å². The van der Waals surface area contributed by atoms with Gasteiger partial charge in [-0.3, -0.25) is 0 Å². The van der Waals surface area contributed by atoms with E-state index in [-0.39, 0.29) is 0 Å². The van der Waals surface area contributed by atoms with Gasteiger partial charge in [0.15, 0.2) is 0 Å². The van der Waals surface area contributed by atoms with Crippen molar-refractivity contribution in [2.24, 2.45) is 0 Å².